The van der Waals surface area contributed by atoms with Crippen LogP contribution in [0.1, 0.15) is 13.8 Å². The fraction of sp³-hybridized carbons (Fsp3) is 0.400. The summed E-state index contributed by atoms with van der Waals surface area (Å²) in [5.74, 6) is 0. The molecule has 0 atom stereocenters. The highest BCUT2D eigenvalue weighted by atomic mass is 16.1. The molecule has 1 aromatic rings. The first-order valence-electron chi connectivity index (χ1n) is 4.59. The van der Waals surface area contributed by atoms with Crippen LogP contribution in [0.3, 0.4) is 0 Å². The first-order valence-corrected chi connectivity index (χ1v) is 4.59. The number of hydrogen-bond acceptors (Lipinski definition) is 4. The molecule has 0 fully saturated rings. The zero-order chi connectivity index (χ0) is 10.4. The van der Waals surface area contributed by atoms with Crippen molar-refractivity contribution < 1.29 is 4.79 Å². The Balaban J connectivity index is 2.97. The van der Waals surface area contributed by atoms with E-state index in [0.29, 0.717) is 5.69 Å². The lowest BCUT2D eigenvalue weighted by molar-refractivity contribution is 0.565. The summed E-state index contributed by atoms with van der Waals surface area (Å²) in [7, 11) is 0. The molecule has 1 aromatic heterocycles. The fourth-order valence-corrected chi connectivity index (χ4v) is 1.29. The highest BCUT2D eigenvalue weighted by Crippen LogP contribution is 2.18. The largest absolute Gasteiger partial charge is 0.371 e. The van der Waals surface area contributed by atoms with E-state index in [9.17, 15) is 4.79 Å². The van der Waals surface area contributed by atoms with E-state index >= 15 is 0 Å². The van der Waals surface area contributed by atoms with E-state index in [1.807, 2.05) is 6.07 Å². The van der Waals surface area contributed by atoms with Gasteiger partial charge in [0.1, 0.15) is 0 Å². The molecule has 0 N–H and O–H groups in total. The Morgan fingerprint density at radius 1 is 1.43 bits per heavy atom. The van der Waals surface area contributed by atoms with Crippen LogP contribution in [0.4, 0.5) is 11.4 Å². The highest BCUT2D eigenvalue weighted by Gasteiger charge is 2.02. The van der Waals surface area contributed by atoms with Crippen molar-refractivity contribution in [3.8, 4) is 0 Å². The molecule has 0 amide bonds. The third-order valence-corrected chi connectivity index (χ3v) is 2.01. The van der Waals surface area contributed by atoms with Gasteiger partial charge in [-0.1, -0.05) is 0 Å². The number of pyridine rings is 1. The second kappa shape index (κ2) is 5.14. The normalized spacial score (nSPS) is 9.29. The lowest BCUT2D eigenvalue weighted by atomic mass is 10.3. The van der Waals surface area contributed by atoms with E-state index in [2.05, 4.69) is 28.7 Å². The molecular weight excluding hydrogens is 178 g/mol. The molecule has 0 radical (unpaired) electrons. The van der Waals surface area contributed by atoms with E-state index in [1.165, 1.54) is 12.3 Å². The lowest BCUT2D eigenvalue weighted by Gasteiger charge is -2.20. The van der Waals surface area contributed by atoms with E-state index in [-0.39, 0.29) is 0 Å². The molecule has 0 saturated carbocycles. The molecule has 4 heteroatoms. The van der Waals surface area contributed by atoms with Gasteiger partial charge in [-0.25, -0.2) is 4.79 Å². The molecule has 0 aromatic carbocycles. The average molecular weight is 191 g/mol. The number of aliphatic imine (C=N–C) groups is 1. The molecule has 0 spiro atoms. The van der Waals surface area contributed by atoms with Gasteiger partial charge in [-0.2, -0.15) is 4.99 Å². The topological polar surface area (TPSA) is 45.6 Å². The Morgan fingerprint density at radius 3 is 2.71 bits per heavy atom. The number of aromatic nitrogens is 1. The Morgan fingerprint density at radius 2 is 2.14 bits per heavy atom. The summed E-state index contributed by atoms with van der Waals surface area (Å²) in [6.45, 7) is 5.96. The van der Waals surface area contributed by atoms with Crippen molar-refractivity contribution in [1.82, 2.24) is 4.98 Å². The summed E-state index contributed by atoms with van der Waals surface area (Å²) < 4.78 is 0. The molecule has 14 heavy (non-hydrogen) atoms. The predicted molar refractivity (Wildman–Crippen MR) is 55.6 cm³/mol. The number of isocyanates is 1. The van der Waals surface area contributed by atoms with Gasteiger partial charge in [0.05, 0.1) is 23.8 Å². The van der Waals surface area contributed by atoms with Crippen LogP contribution >= 0.6 is 0 Å². The number of carbonyl (C=O) groups excluding carboxylic acids is 1. The SMILES string of the molecule is CCN(CC)c1cncc(N=C=O)c1. The van der Waals surface area contributed by atoms with Gasteiger partial charge in [0.2, 0.25) is 6.08 Å². The van der Waals surface area contributed by atoms with Gasteiger partial charge in [-0.15, -0.1) is 0 Å². The molecule has 0 saturated heterocycles. The van der Waals surface area contributed by atoms with E-state index in [0.717, 1.165) is 18.8 Å². The average Bonchev–Trinajstić information content (AvgIpc) is 2.21. The maximum atomic E-state index is 10.1. The van der Waals surface area contributed by atoms with E-state index in [4.69, 9.17) is 0 Å². The maximum Gasteiger partial charge on any atom is 0.240 e. The van der Waals surface area contributed by atoms with Crippen LogP contribution in [0, 0.1) is 0 Å². The van der Waals surface area contributed by atoms with Crippen molar-refractivity contribution in [3.63, 3.8) is 0 Å². The van der Waals surface area contributed by atoms with Gasteiger partial charge < -0.3 is 4.90 Å². The quantitative estimate of drug-likeness (QED) is 0.539. The molecule has 0 unspecified atom stereocenters. The van der Waals surface area contributed by atoms with Gasteiger partial charge in [-0.05, 0) is 19.9 Å². The Bertz CT molecular complexity index is 341. The van der Waals surface area contributed by atoms with Crippen LogP contribution in [0.2, 0.25) is 0 Å². The van der Waals surface area contributed by atoms with Crippen molar-refractivity contribution in [2.24, 2.45) is 4.99 Å². The number of hydrogen-bond donors (Lipinski definition) is 0. The van der Waals surface area contributed by atoms with Crippen molar-refractivity contribution in [2.75, 3.05) is 18.0 Å². The molecule has 0 aliphatic carbocycles. The summed E-state index contributed by atoms with van der Waals surface area (Å²) in [5, 5.41) is 0. The van der Waals surface area contributed by atoms with Gasteiger partial charge in [0.15, 0.2) is 0 Å². The van der Waals surface area contributed by atoms with E-state index in [1.54, 1.807) is 6.20 Å². The molecule has 0 aliphatic rings. The van der Waals surface area contributed by atoms with Gasteiger partial charge in [-0.3, -0.25) is 4.98 Å². The maximum absolute atomic E-state index is 10.1. The standard InChI is InChI=1S/C10H13N3O/c1-3-13(4-2)10-5-9(12-8-14)6-11-7-10/h5-7H,3-4H2,1-2H3. The molecule has 0 aliphatic heterocycles. The molecule has 74 valence electrons. The van der Waals surface area contributed by atoms with Gasteiger partial charge in [0.25, 0.3) is 0 Å². The minimum atomic E-state index is 0.546. The van der Waals surface area contributed by atoms with Crippen molar-refractivity contribution in [3.05, 3.63) is 18.5 Å². The molecular formula is C10H13N3O. The van der Waals surface area contributed by atoms with Crippen molar-refractivity contribution in [1.29, 1.82) is 0 Å². The van der Waals surface area contributed by atoms with E-state index < -0.39 is 0 Å². The molecule has 4 nitrogen and oxygen atoms in total. The number of nitrogens with zero attached hydrogens (tertiary/aromatic N) is 3. The monoisotopic (exact) mass is 191 g/mol. The Labute approximate surface area is 83.3 Å². The second-order valence-electron chi connectivity index (χ2n) is 2.78. The summed E-state index contributed by atoms with van der Waals surface area (Å²) >= 11 is 0. The van der Waals surface area contributed by atoms with Crippen LogP contribution in [0.5, 0.6) is 0 Å². The highest BCUT2D eigenvalue weighted by molar-refractivity contribution is 5.56. The van der Waals surface area contributed by atoms with Crippen LogP contribution < -0.4 is 4.90 Å². The van der Waals surface area contributed by atoms with Crippen molar-refractivity contribution >= 4 is 17.5 Å². The minimum absolute atomic E-state index is 0.546. The predicted octanol–water partition coefficient (Wildman–Crippen LogP) is 1.90. The third kappa shape index (κ3) is 2.41. The van der Waals surface area contributed by atoms with Crippen LogP contribution in [0.25, 0.3) is 0 Å². The van der Waals surface area contributed by atoms with Crippen molar-refractivity contribution in [2.45, 2.75) is 13.8 Å². The van der Waals surface area contributed by atoms with Crippen LogP contribution in [-0.2, 0) is 4.79 Å². The summed E-state index contributed by atoms with van der Waals surface area (Å²) in [5.41, 5.74) is 1.52. The minimum Gasteiger partial charge on any atom is -0.371 e. The summed E-state index contributed by atoms with van der Waals surface area (Å²) in [6, 6.07) is 1.82. The molecule has 1 rings (SSSR count). The summed E-state index contributed by atoms with van der Waals surface area (Å²) in [6.07, 6.45) is 4.80. The third-order valence-electron chi connectivity index (χ3n) is 2.01. The van der Waals surface area contributed by atoms with Gasteiger partial charge in [0, 0.05) is 13.1 Å². The summed E-state index contributed by atoms with van der Waals surface area (Å²) in [4.78, 5) is 19.7. The fourth-order valence-electron chi connectivity index (χ4n) is 1.29. The Kier molecular flexibility index (Phi) is 3.83. The smallest absolute Gasteiger partial charge is 0.240 e. The zero-order valence-electron chi connectivity index (χ0n) is 8.40. The second-order valence-corrected chi connectivity index (χ2v) is 2.78. The Hall–Kier alpha value is -1.67. The molecule has 0 bridgehead atoms. The first-order chi connectivity index (χ1) is 6.81. The van der Waals surface area contributed by atoms with Crippen LogP contribution in [-0.4, -0.2) is 24.2 Å². The van der Waals surface area contributed by atoms with Crippen LogP contribution in [0.15, 0.2) is 23.5 Å². The number of rotatable bonds is 4. The van der Waals surface area contributed by atoms with Gasteiger partial charge >= 0.3 is 0 Å². The number of anilines is 1. The molecule has 1 heterocycles. The zero-order valence-corrected chi connectivity index (χ0v) is 8.40. The lowest BCUT2D eigenvalue weighted by Crippen LogP contribution is -2.21. The first kappa shape index (κ1) is 10.4.